The minimum absolute atomic E-state index is 0.0240. The largest absolute Gasteiger partial charge is 0.325 e. The zero-order chi connectivity index (χ0) is 20.5. The molecule has 3 aromatic rings. The molecule has 1 heterocycles. The summed E-state index contributed by atoms with van der Waals surface area (Å²) in [5.41, 5.74) is 3.34. The van der Waals surface area contributed by atoms with Crippen molar-refractivity contribution in [2.24, 2.45) is 0 Å². The van der Waals surface area contributed by atoms with Gasteiger partial charge in [-0.3, -0.25) is 9.59 Å². The van der Waals surface area contributed by atoms with E-state index in [1.807, 2.05) is 61.2 Å². The number of carbonyl (C=O) groups is 2. The fourth-order valence-electron chi connectivity index (χ4n) is 3.81. The lowest BCUT2D eigenvalue weighted by molar-refractivity contribution is -0.115. The monoisotopic (exact) mass is 404 g/mol. The number of benzene rings is 3. The number of carbonyl (C=O) groups excluding carboxylic acids is 2. The Morgan fingerprint density at radius 3 is 2.52 bits per heavy atom. The van der Waals surface area contributed by atoms with Crippen molar-refractivity contribution in [1.82, 2.24) is 0 Å². The Kier molecular flexibility index (Phi) is 5.33. The van der Waals surface area contributed by atoms with Crippen LogP contribution in [0.25, 0.3) is 10.8 Å². The number of nitrogens with one attached hydrogen (secondary N) is 1. The highest BCUT2D eigenvalue weighted by Crippen LogP contribution is 2.40. The summed E-state index contributed by atoms with van der Waals surface area (Å²) in [6.07, 6.45) is 0.315. The minimum atomic E-state index is -0.0633. The predicted octanol–water partition coefficient (Wildman–Crippen LogP) is 5.50. The van der Waals surface area contributed by atoms with Crippen molar-refractivity contribution in [2.45, 2.75) is 37.3 Å². The van der Waals surface area contributed by atoms with Crippen LogP contribution in [0.4, 0.5) is 11.4 Å². The number of anilines is 2. The van der Waals surface area contributed by atoms with Crippen molar-refractivity contribution >= 4 is 45.7 Å². The maximum absolute atomic E-state index is 12.7. The average molecular weight is 405 g/mol. The zero-order valence-corrected chi connectivity index (χ0v) is 17.7. The first-order valence-electron chi connectivity index (χ1n) is 9.91. The highest BCUT2D eigenvalue weighted by atomic mass is 32.2. The normalized spacial score (nSPS) is 12.8. The average Bonchev–Trinajstić information content (AvgIpc) is 2.98. The van der Waals surface area contributed by atoms with Gasteiger partial charge in [0.15, 0.2) is 0 Å². The van der Waals surface area contributed by atoms with Gasteiger partial charge in [0.2, 0.25) is 5.91 Å². The number of hydrogen-bond donors (Lipinski definition) is 1. The molecule has 1 aliphatic rings. The molecule has 3 aromatic carbocycles. The molecular formula is C24H24N2O2S. The van der Waals surface area contributed by atoms with Gasteiger partial charge in [-0.2, -0.15) is 0 Å². The van der Waals surface area contributed by atoms with Gasteiger partial charge in [0.1, 0.15) is 0 Å². The van der Waals surface area contributed by atoms with Crippen molar-refractivity contribution < 1.29 is 9.59 Å². The van der Waals surface area contributed by atoms with Crippen LogP contribution < -0.4 is 10.2 Å². The van der Waals surface area contributed by atoms with Crippen LogP contribution in [-0.2, 0) is 11.2 Å². The molecule has 29 heavy (non-hydrogen) atoms. The van der Waals surface area contributed by atoms with Crippen LogP contribution in [0.2, 0.25) is 0 Å². The quantitative estimate of drug-likeness (QED) is 0.552. The summed E-state index contributed by atoms with van der Waals surface area (Å²) in [4.78, 5) is 28.3. The fraction of sp³-hybridized carbons (Fsp3) is 0.250. The molecule has 0 aliphatic carbocycles. The SMILES string of the molecule is CCN1C(=O)c2cccc3c(NC(=O)Cc4ccc(SC(C)C)cc4)ccc1c23. The summed E-state index contributed by atoms with van der Waals surface area (Å²) in [5.74, 6) is -0.0393. The molecule has 0 aromatic heterocycles. The molecule has 2 amide bonds. The maximum Gasteiger partial charge on any atom is 0.258 e. The van der Waals surface area contributed by atoms with Crippen LogP contribution in [0.1, 0.15) is 36.7 Å². The fourth-order valence-corrected chi connectivity index (χ4v) is 4.64. The molecular weight excluding hydrogens is 380 g/mol. The van der Waals surface area contributed by atoms with Crippen molar-refractivity contribution in [3.63, 3.8) is 0 Å². The molecule has 0 unspecified atom stereocenters. The molecule has 0 bridgehead atoms. The topological polar surface area (TPSA) is 49.4 Å². The Morgan fingerprint density at radius 1 is 1.07 bits per heavy atom. The van der Waals surface area contributed by atoms with Gasteiger partial charge in [0.05, 0.1) is 12.1 Å². The van der Waals surface area contributed by atoms with E-state index in [9.17, 15) is 9.59 Å². The van der Waals surface area contributed by atoms with E-state index in [0.29, 0.717) is 23.8 Å². The van der Waals surface area contributed by atoms with Gasteiger partial charge < -0.3 is 10.2 Å². The summed E-state index contributed by atoms with van der Waals surface area (Å²) in [6, 6.07) is 17.7. The molecule has 148 valence electrons. The van der Waals surface area contributed by atoms with Crippen LogP contribution in [0.5, 0.6) is 0 Å². The Morgan fingerprint density at radius 2 is 1.83 bits per heavy atom. The van der Waals surface area contributed by atoms with Crippen molar-refractivity contribution in [3.05, 3.63) is 65.7 Å². The third-order valence-corrected chi connectivity index (χ3v) is 6.05. The molecule has 0 saturated carbocycles. The van der Waals surface area contributed by atoms with Gasteiger partial charge in [-0.15, -0.1) is 11.8 Å². The van der Waals surface area contributed by atoms with Crippen LogP contribution >= 0.6 is 11.8 Å². The smallest absolute Gasteiger partial charge is 0.258 e. The zero-order valence-electron chi connectivity index (χ0n) is 16.9. The van der Waals surface area contributed by atoms with E-state index in [-0.39, 0.29) is 11.8 Å². The summed E-state index contributed by atoms with van der Waals surface area (Å²) < 4.78 is 0. The van der Waals surface area contributed by atoms with E-state index >= 15 is 0 Å². The van der Waals surface area contributed by atoms with E-state index in [4.69, 9.17) is 0 Å². The third kappa shape index (κ3) is 3.75. The van der Waals surface area contributed by atoms with Gasteiger partial charge in [0.25, 0.3) is 5.91 Å². The van der Waals surface area contributed by atoms with E-state index in [2.05, 4.69) is 31.3 Å². The van der Waals surface area contributed by atoms with Gasteiger partial charge >= 0.3 is 0 Å². The summed E-state index contributed by atoms with van der Waals surface area (Å²) in [7, 11) is 0. The Bertz CT molecular complexity index is 1090. The molecule has 0 fully saturated rings. The maximum atomic E-state index is 12.7. The Labute approximate surface area is 175 Å². The van der Waals surface area contributed by atoms with Gasteiger partial charge in [-0.1, -0.05) is 38.1 Å². The number of amides is 2. The first-order valence-corrected chi connectivity index (χ1v) is 10.8. The molecule has 1 aliphatic heterocycles. The van der Waals surface area contributed by atoms with Crippen LogP contribution in [0.3, 0.4) is 0 Å². The molecule has 0 spiro atoms. The second kappa shape index (κ2) is 7.91. The van der Waals surface area contributed by atoms with Crippen molar-refractivity contribution in [1.29, 1.82) is 0 Å². The molecule has 5 heteroatoms. The second-order valence-corrected chi connectivity index (χ2v) is 9.10. The standard InChI is InChI=1S/C24H24N2O2S/c1-4-26-21-13-12-20(18-6-5-7-19(23(18)21)24(26)28)25-22(27)14-16-8-10-17(11-9-16)29-15(2)3/h5-13,15H,4,14H2,1-3H3,(H,25,27). The van der Waals surface area contributed by atoms with Crippen LogP contribution in [-0.4, -0.2) is 23.6 Å². The molecule has 1 N–H and O–H groups in total. The van der Waals surface area contributed by atoms with Gasteiger partial charge in [0, 0.05) is 38.7 Å². The lowest BCUT2D eigenvalue weighted by atomic mass is 10.0. The van der Waals surface area contributed by atoms with E-state index in [0.717, 1.165) is 27.7 Å². The minimum Gasteiger partial charge on any atom is -0.325 e. The summed E-state index contributed by atoms with van der Waals surface area (Å²) in [6.45, 7) is 6.92. The molecule has 4 nitrogen and oxygen atoms in total. The lowest BCUT2D eigenvalue weighted by Gasteiger charge is -2.15. The summed E-state index contributed by atoms with van der Waals surface area (Å²) in [5, 5.41) is 5.39. The van der Waals surface area contributed by atoms with Crippen LogP contribution in [0.15, 0.2) is 59.5 Å². The molecule has 0 atom stereocenters. The van der Waals surface area contributed by atoms with Gasteiger partial charge in [-0.05, 0) is 42.8 Å². The number of hydrogen-bond acceptors (Lipinski definition) is 3. The highest BCUT2D eigenvalue weighted by molar-refractivity contribution is 7.99. The molecule has 4 rings (SSSR count). The van der Waals surface area contributed by atoms with Crippen molar-refractivity contribution in [3.8, 4) is 0 Å². The first-order chi connectivity index (χ1) is 14.0. The lowest BCUT2D eigenvalue weighted by Crippen LogP contribution is -2.25. The highest BCUT2D eigenvalue weighted by Gasteiger charge is 2.29. The van der Waals surface area contributed by atoms with E-state index in [1.54, 1.807) is 4.90 Å². The number of thioether (sulfide) groups is 1. The van der Waals surface area contributed by atoms with E-state index < -0.39 is 0 Å². The van der Waals surface area contributed by atoms with E-state index in [1.165, 1.54) is 4.90 Å². The predicted molar refractivity (Wildman–Crippen MR) is 121 cm³/mol. The summed E-state index contributed by atoms with van der Waals surface area (Å²) >= 11 is 1.81. The first kappa shape index (κ1) is 19.5. The number of nitrogens with zero attached hydrogens (tertiary/aromatic N) is 1. The second-order valence-electron chi connectivity index (χ2n) is 7.45. The van der Waals surface area contributed by atoms with Crippen LogP contribution in [0, 0.1) is 0 Å². The van der Waals surface area contributed by atoms with Crippen molar-refractivity contribution in [2.75, 3.05) is 16.8 Å². The number of rotatable bonds is 6. The third-order valence-electron chi connectivity index (χ3n) is 5.04. The Balaban J connectivity index is 1.55. The molecule has 0 radical (unpaired) electrons. The van der Waals surface area contributed by atoms with Gasteiger partial charge in [-0.25, -0.2) is 0 Å². The Hall–Kier alpha value is -2.79. The molecule has 0 saturated heterocycles.